The van der Waals surface area contributed by atoms with Crippen molar-refractivity contribution in [2.24, 2.45) is 0 Å². The van der Waals surface area contributed by atoms with Crippen LogP contribution in [-0.4, -0.2) is 16.3 Å². The molecular weight excluding hydrogens is 604 g/mol. The Kier molecular flexibility index (Phi) is 16.8. The topological polar surface area (TPSA) is 42.2 Å². The highest BCUT2D eigenvalue weighted by molar-refractivity contribution is 5.82. The van der Waals surface area contributed by atoms with E-state index in [1.807, 2.05) is 76.5 Å². The minimum absolute atomic E-state index is 0.0217. The third kappa shape index (κ3) is 10.5. The number of hydrogen-bond acceptors (Lipinski definition) is 2. The average Bonchev–Trinajstić information content (AvgIpc) is 3.06. The summed E-state index contributed by atoms with van der Waals surface area (Å²) in [5.41, 5.74) is 4.31. The number of aryl methyl sites for hydroxylation is 1. The van der Waals surface area contributed by atoms with Crippen LogP contribution in [0.4, 0.5) is 26.3 Å². The Balaban J connectivity index is 0.000000354. The molecular formula is C37H43F6NO2. The standard InChI is InChI=1S/C17H19NO2.C10H11F3.C8H7F3.C2H6/c1-4-12(2)11-15-13(3)18(9-10-19)16-8-6-5-7-14(16)17(15)20;1-3-6(2)7-4-8(11)10(13)9(12)5-7;1-2-5-3-6(9)8(11)7(10)4-5;1-2/h4-8,11,19H,1,9-10H2,2-3H3;4-6H,3H2,1-2H3;3-4H,2H2,1H3;1-2H3/b12-11-;;;. The van der Waals surface area contributed by atoms with Crippen molar-refractivity contribution in [2.75, 3.05) is 6.61 Å². The number of hydrogen-bond donors (Lipinski definition) is 1. The van der Waals surface area contributed by atoms with E-state index in [4.69, 9.17) is 0 Å². The van der Waals surface area contributed by atoms with E-state index in [2.05, 4.69) is 6.58 Å². The van der Waals surface area contributed by atoms with Gasteiger partial charge < -0.3 is 9.67 Å². The number of halogens is 6. The fraction of sp³-hybridized carbons (Fsp3) is 0.324. The molecule has 0 spiro atoms. The van der Waals surface area contributed by atoms with E-state index in [0.717, 1.165) is 47.5 Å². The molecule has 3 aromatic carbocycles. The molecule has 1 heterocycles. The molecule has 1 N–H and O–H groups in total. The molecule has 0 aliphatic heterocycles. The second-order valence-corrected chi connectivity index (χ2v) is 10.1. The van der Waals surface area contributed by atoms with Crippen molar-refractivity contribution in [3.8, 4) is 0 Å². The fourth-order valence-corrected chi connectivity index (χ4v) is 4.29. The van der Waals surface area contributed by atoms with Gasteiger partial charge in [-0.05, 0) is 86.2 Å². The number of benzene rings is 3. The zero-order chi connectivity index (χ0) is 35.1. The van der Waals surface area contributed by atoms with E-state index >= 15 is 0 Å². The first-order valence-corrected chi connectivity index (χ1v) is 15.1. The number of aromatic nitrogens is 1. The molecule has 1 aromatic heterocycles. The number of aliphatic hydroxyl groups is 1. The van der Waals surface area contributed by atoms with Crippen LogP contribution >= 0.6 is 0 Å². The van der Waals surface area contributed by atoms with Gasteiger partial charge in [0.1, 0.15) is 0 Å². The first-order chi connectivity index (χ1) is 21.8. The van der Waals surface area contributed by atoms with Crippen molar-refractivity contribution in [3.05, 3.63) is 134 Å². The van der Waals surface area contributed by atoms with Crippen molar-refractivity contribution in [3.63, 3.8) is 0 Å². The normalized spacial score (nSPS) is 11.4. The van der Waals surface area contributed by atoms with Crippen LogP contribution in [0.15, 0.2) is 71.6 Å². The van der Waals surface area contributed by atoms with Crippen molar-refractivity contribution in [1.82, 2.24) is 4.57 Å². The zero-order valence-corrected chi connectivity index (χ0v) is 27.5. The number of pyridine rings is 1. The van der Waals surface area contributed by atoms with Crippen LogP contribution in [0.3, 0.4) is 0 Å². The molecule has 250 valence electrons. The predicted molar refractivity (Wildman–Crippen MR) is 176 cm³/mol. The molecule has 0 fully saturated rings. The van der Waals surface area contributed by atoms with Crippen molar-refractivity contribution < 1.29 is 31.4 Å². The van der Waals surface area contributed by atoms with Gasteiger partial charge in [0.25, 0.3) is 0 Å². The molecule has 46 heavy (non-hydrogen) atoms. The lowest BCUT2D eigenvalue weighted by Crippen LogP contribution is -2.18. The number of para-hydroxylation sites is 1. The molecule has 4 rings (SSSR count). The summed E-state index contributed by atoms with van der Waals surface area (Å²) in [6, 6.07) is 11.6. The summed E-state index contributed by atoms with van der Waals surface area (Å²) in [5, 5.41) is 9.94. The minimum Gasteiger partial charge on any atom is -0.395 e. The van der Waals surface area contributed by atoms with Gasteiger partial charge in [-0.3, -0.25) is 4.79 Å². The summed E-state index contributed by atoms with van der Waals surface area (Å²) >= 11 is 0. The van der Waals surface area contributed by atoms with E-state index < -0.39 is 34.9 Å². The summed E-state index contributed by atoms with van der Waals surface area (Å²) < 4.78 is 77.1. The Bertz CT molecular complexity index is 1650. The van der Waals surface area contributed by atoms with Crippen LogP contribution in [-0.2, 0) is 13.0 Å². The maximum Gasteiger partial charge on any atom is 0.196 e. The van der Waals surface area contributed by atoms with Crippen LogP contribution in [0.5, 0.6) is 0 Å². The Morgan fingerprint density at radius 1 is 0.913 bits per heavy atom. The van der Waals surface area contributed by atoms with E-state index in [-0.39, 0.29) is 18.0 Å². The molecule has 1 unspecified atom stereocenters. The monoisotopic (exact) mass is 647 g/mol. The third-order valence-electron chi connectivity index (χ3n) is 7.14. The minimum atomic E-state index is -1.40. The van der Waals surface area contributed by atoms with Gasteiger partial charge in [0, 0.05) is 23.2 Å². The molecule has 0 bridgehead atoms. The van der Waals surface area contributed by atoms with Crippen molar-refractivity contribution in [2.45, 2.75) is 73.8 Å². The van der Waals surface area contributed by atoms with Gasteiger partial charge in [0.05, 0.1) is 12.1 Å². The number of allylic oxidation sites excluding steroid dienone is 2. The predicted octanol–water partition coefficient (Wildman–Crippen LogP) is 10.2. The summed E-state index contributed by atoms with van der Waals surface area (Å²) in [4.78, 5) is 12.6. The quantitative estimate of drug-likeness (QED) is 0.123. The Hall–Kier alpha value is -4.11. The smallest absolute Gasteiger partial charge is 0.196 e. The van der Waals surface area contributed by atoms with Crippen LogP contribution in [0, 0.1) is 41.8 Å². The fourth-order valence-electron chi connectivity index (χ4n) is 4.29. The second-order valence-electron chi connectivity index (χ2n) is 10.1. The largest absolute Gasteiger partial charge is 0.395 e. The Morgan fingerprint density at radius 3 is 1.87 bits per heavy atom. The van der Waals surface area contributed by atoms with Crippen molar-refractivity contribution >= 4 is 17.0 Å². The van der Waals surface area contributed by atoms with E-state index in [0.29, 0.717) is 35.0 Å². The highest BCUT2D eigenvalue weighted by Crippen LogP contribution is 2.23. The molecule has 9 heteroatoms. The molecule has 0 radical (unpaired) electrons. The van der Waals surface area contributed by atoms with Crippen molar-refractivity contribution in [1.29, 1.82) is 0 Å². The lowest BCUT2D eigenvalue weighted by Gasteiger charge is -2.16. The van der Waals surface area contributed by atoms with Crippen LogP contribution < -0.4 is 5.43 Å². The molecule has 3 nitrogen and oxygen atoms in total. The van der Waals surface area contributed by atoms with Gasteiger partial charge in [-0.1, -0.05) is 65.0 Å². The summed E-state index contributed by atoms with van der Waals surface area (Å²) in [6.45, 7) is 17.5. The summed E-state index contributed by atoms with van der Waals surface area (Å²) in [5.74, 6) is -7.23. The molecule has 0 saturated heterocycles. The van der Waals surface area contributed by atoms with Gasteiger partial charge in [0.15, 0.2) is 40.3 Å². The zero-order valence-electron chi connectivity index (χ0n) is 27.5. The molecule has 1 atom stereocenters. The highest BCUT2D eigenvalue weighted by Gasteiger charge is 2.14. The first-order valence-electron chi connectivity index (χ1n) is 15.1. The SMILES string of the molecule is C=C/C(C)=C\c1c(C)n(CCO)c2ccccc2c1=O.CC.CCC(C)c1cc(F)c(F)c(F)c1.CCc1cc(F)c(F)c(F)c1. The van der Waals surface area contributed by atoms with E-state index in [1.54, 1.807) is 13.0 Å². The second kappa shape index (κ2) is 19.4. The lowest BCUT2D eigenvalue weighted by molar-refractivity contribution is 0.276. The molecule has 0 amide bonds. The van der Waals surface area contributed by atoms with Crippen LogP contribution in [0.1, 0.15) is 76.3 Å². The maximum atomic E-state index is 12.7. The lowest BCUT2D eigenvalue weighted by atomic mass is 9.98. The maximum absolute atomic E-state index is 12.7. The molecule has 0 aliphatic rings. The Labute approximate surface area is 267 Å². The van der Waals surface area contributed by atoms with Gasteiger partial charge in [-0.15, -0.1) is 0 Å². The Morgan fingerprint density at radius 2 is 1.41 bits per heavy atom. The number of rotatable bonds is 7. The number of nitrogens with zero attached hydrogens (tertiary/aromatic N) is 1. The van der Waals surface area contributed by atoms with Crippen LogP contribution in [0.25, 0.3) is 17.0 Å². The van der Waals surface area contributed by atoms with E-state index in [9.17, 15) is 36.2 Å². The average molecular weight is 648 g/mol. The number of aliphatic hydroxyl groups excluding tert-OH is 1. The first kappa shape index (κ1) is 39.9. The van der Waals surface area contributed by atoms with Crippen LogP contribution in [0.2, 0.25) is 0 Å². The van der Waals surface area contributed by atoms with Gasteiger partial charge in [-0.2, -0.15) is 0 Å². The third-order valence-corrected chi connectivity index (χ3v) is 7.14. The molecule has 4 aromatic rings. The molecule has 0 aliphatic carbocycles. The summed E-state index contributed by atoms with van der Waals surface area (Å²) in [6.07, 6.45) is 4.84. The number of fused-ring (bicyclic) bond motifs is 1. The van der Waals surface area contributed by atoms with Gasteiger partial charge in [0.2, 0.25) is 0 Å². The van der Waals surface area contributed by atoms with Gasteiger partial charge in [-0.25, -0.2) is 26.3 Å². The molecule has 0 saturated carbocycles. The summed E-state index contributed by atoms with van der Waals surface area (Å²) in [7, 11) is 0. The van der Waals surface area contributed by atoms with Gasteiger partial charge >= 0.3 is 0 Å². The van der Waals surface area contributed by atoms with E-state index in [1.165, 1.54) is 0 Å². The highest BCUT2D eigenvalue weighted by atomic mass is 19.2.